The summed E-state index contributed by atoms with van der Waals surface area (Å²) in [5, 5.41) is 5.82. The molecule has 2 heterocycles. The third kappa shape index (κ3) is 3.87. The van der Waals surface area contributed by atoms with Gasteiger partial charge in [0, 0.05) is 50.5 Å². The number of carbonyl (C=O) groups is 2. The molecule has 2 aromatic rings. The Morgan fingerprint density at radius 2 is 1.96 bits per heavy atom. The normalized spacial score (nSPS) is 16.6. The summed E-state index contributed by atoms with van der Waals surface area (Å²) in [4.78, 5) is 28.6. The Labute approximate surface area is 165 Å². The smallest absolute Gasteiger partial charge is 0.322 e. The zero-order chi connectivity index (χ0) is 19.5. The molecule has 2 aliphatic rings. The summed E-state index contributed by atoms with van der Waals surface area (Å²) in [7, 11) is 0. The van der Waals surface area contributed by atoms with Crippen LogP contribution in [-0.4, -0.2) is 49.6 Å². The Hall–Kier alpha value is -2.86. The molecular formula is C22H26N4O2. The number of fused-ring (bicyclic) bond motifs is 1. The predicted octanol–water partition coefficient (Wildman–Crippen LogP) is 2.31. The highest BCUT2D eigenvalue weighted by atomic mass is 16.2. The lowest BCUT2D eigenvalue weighted by atomic mass is 10.00. The summed E-state index contributed by atoms with van der Waals surface area (Å²) >= 11 is 0. The molecular weight excluding hydrogens is 352 g/mol. The summed E-state index contributed by atoms with van der Waals surface area (Å²) < 4.78 is 0. The molecule has 0 saturated carbocycles. The highest BCUT2D eigenvalue weighted by Gasteiger charge is 2.23. The lowest BCUT2D eigenvalue weighted by molar-refractivity contribution is 0.0947. The van der Waals surface area contributed by atoms with Crippen LogP contribution in [0.3, 0.4) is 0 Å². The molecule has 1 fully saturated rings. The Morgan fingerprint density at radius 1 is 1.14 bits per heavy atom. The van der Waals surface area contributed by atoms with Crippen LogP contribution < -0.4 is 15.5 Å². The van der Waals surface area contributed by atoms with E-state index in [0.717, 1.165) is 37.3 Å². The molecule has 0 spiro atoms. The van der Waals surface area contributed by atoms with Crippen molar-refractivity contribution in [1.29, 1.82) is 0 Å². The fraction of sp³-hybridized carbons (Fsp3) is 0.364. The summed E-state index contributed by atoms with van der Waals surface area (Å²) in [5.74, 6) is -0.0988. The fourth-order valence-corrected chi connectivity index (χ4v) is 3.92. The van der Waals surface area contributed by atoms with Crippen molar-refractivity contribution in [3.63, 3.8) is 0 Å². The first-order valence-corrected chi connectivity index (χ1v) is 9.85. The summed E-state index contributed by atoms with van der Waals surface area (Å²) in [6.45, 7) is 6.60. The van der Waals surface area contributed by atoms with E-state index < -0.39 is 0 Å². The molecule has 0 aliphatic carbocycles. The molecule has 3 amide bonds. The van der Waals surface area contributed by atoms with Gasteiger partial charge in [-0.05, 0) is 42.2 Å². The van der Waals surface area contributed by atoms with Crippen LogP contribution in [0.5, 0.6) is 0 Å². The van der Waals surface area contributed by atoms with Gasteiger partial charge in [-0.3, -0.25) is 14.6 Å². The number of nitrogens with one attached hydrogen (secondary N) is 2. The minimum atomic E-state index is -0.106. The second kappa shape index (κ2) is 8.02. The minimum absolute atomic E-state index is 0.0988. The zero-order valence-electron chi connectivity index (χ0n) is 16.2. The van der Waals surface area contributed by atoms with Crippen molar-refractivity contribution in [2.24, 2.45) is 0 Å². The van der Waals surface area contributed by atoms with Crippen LogP contribution in [0.15, 0.2) is 42.5 Å². The van der Waals surface area contributed by atoms with Gasteiger partial charge in [0.25, 0.3) is 5.91 Å². The van der Waals surface area contributed by atoms with Crippen LogP contribution in [0.4, 0.5) is 10.5 Å². The van der Waals surface area contributed by atoms with Crippen molar-refractivity contribution >= 4 is 17.6 Å². The van der Waals surface area contributed by atoms with E-state index in [1.807, 2.05) is 25.1 Å². The van der Waals surface area contributed by atoms with Gasteiger partial charge in [-0.1, -0.05) is 30.3 Å². The monoisotopic (exact) mass is 378 g/mol. The van der Waals surface area contributed by atoms with Gasteiger partial charge in [0.15, 0.2) is 0 Å². The first-order chi connectivity index (χ1) is 13.6. The van der Waals surface area contributed by atoms with Gasteiger partial charge in [0.1, 0.15) is 0 Å². The number of carbonyl (C=O) groups excluding carboxylic acids is 2. The number of amides is 3. The van der Waals surface area contributed by atoms with E-state index in [1.165, 1.54) is 11.1 Å². The molecule has 2 aliphatic heterocycles. The molecule has 0 radical (unpaired) electrons. The van der Waals surface area contributed by atoms with Crippen molar-refractivity contribution in [2.75, 3.05) is 37.6 Å². The van der Waals surface area contributed by atoms with Gasteiger partial charge in [0.05, 0.1) is 0 Å². The second-order valence-corrected chi connectivity index (χ2v) is 7.44. The molecule has 2 N–H and O–H groups in total. The van der Waals surface area contributed by atoms with Crippen LogP contribution in [0.2, 0.25) is 0 Å². The highest BCUT2D eigenvalue weighted by Crippen LogP contribution is 2.23. The number of nitrogens with zero attached hydrogens (tertiary/aromatic N) is 2. The molecule has 0 unspecified atom stereocenters. The van der Waals surface area contributed by atoms with Crippen molar-refractivity contribution in [3.05, 3.63) is 64.7 Å². The summed E-state index contributed by atoms with van der Waals surface area (Å²) in [6.07, 6.45) is 1.06. The maximum Gasteiger partial charge on any atom is 0.322 e. The van der Waals surface area contributed by atoms with E-state index in [-0.39, 0.29) is 11.9 Å². The Bertz CT molecular complexity index is 896. The number of benzene rings is 2. The number of urea groups is 1. The lowest BCUT2D eigenvalue weighted by Gasteiger charge is -2.28. The number of hydrogen-bond donors (Lipinski definition) is 2. The molecule has 0 atom stereocenters. The molecule has 4 rings (SSSR count). The van der Waals surface area contributed by atoms with E-state index in [2.05, 4.69) is 39.8 Å². The average Bonchev–Trinajstić information content (AvgIpc) is 3.14. The van der Waals surface area contributed by atoms with Crippen LogP contribution in [0.25, 0.3) is 0 Å². The van der Waals surface area contributed by atoms with Gasteiger partial charge < -0.3 is 10.6 Å². The van der Waals surface area contributed by atoms with Crippen LogP contribution >= 0.6 is 0 Å². The fourth-order valence-electron chi connectivity index (χ4n) is 3.92. The molecule has 2 aromatic carbocycles. The standard InChI is InChI=1S/C22H26N4O2/c1-16-6-7-18(14-20(16)26-13-10-24-22(26)28)21(27)23-9-12-25-11-8-17-4-2-3-5-19(17)15-25/h2-7,14H,8-13,15H2,1H3,(H,23,27)(H,24,28). The Balaban J connectivity index is 1.34. The van der Waals surface area contributed by atoms with Crippen LogP contribution in [-0.2, 0) is 13.0 Å². The summed E-state index contributed by atoms with van der Waals surface area (Å²) in [5.41, 5.74) is 5.19. The van der Waals surface area contributed by atoms with Gasteiger partial charge in [-0.2, -0.15) is 0 Å². The highest BCUT2D eigenvalue weighted by molar-refractivity contribution is 5.99. The predicted molar refractivity (Wildman–Crippen MR) is 110 cm³/mol. The molecule has 146 valence electrons. The quantitative estimate of drug-likeness (QED) is 0.839. The lowest BCUT2D eigenvalue weighted by Crippen LogP contribution is -2.37. The number of hydrogen-bond acceptors (Lipinski definition) is 3. The molecule has 28 heavy (non-hydrogen) atoms. The average molecular weight is 378 g/mol. The van der Waals surface area contributed by atoms with E-state index in [9.17, 15) is 9.59 Å². The first kappa shape index (κ1) is 18.5. The van der Waals surface area contributed by atoms with Crippen LogP contribution in [0.1, 0.15) is 27.0 Å². The minimum Gasteiger partial charge on any atom is -0.351 e. The SMILES string of the molecule is Cc1ccc(C(=O)NCCN2CCc3ccccc3C2)cc1N1CCNC1=O. The zero-order valence-corrected chi connectivity index (χ0v) is 16.2. The Morgan fingerprint density at radius 3 is 2.75 bits per heavy atom. The topological polar surface area (TPSA) is 64.7 Å². The van der Waals surface area contributed by atoms with E-state index >= 15 is 0 Å². The van der Waals surface area contributed by atoms with Gasteiger partial charge >= 0.3 is 6.03 Å². The molecule has 6 nitrogen and oxygen atoms in total. The first-order valence-electron chi connectivity index (χ1n) is 9.85. The van der Waals surface area contributed by atoms with Gasteiger partial charge in [-0.25, -0.2) is 4.79 Å². The van der Waals surface area contributed by atoms with Crippen LogP contribution in [0, 0.1) is 6.92 Å². The third-order valence-electron chi connectivity index (χ3n) is 5.54. The van der Waals surface area contributed by atoms with E-state index in [1.54, 1.807) is 4.90 Å². The van der Waals surface area contributed by atoms with E-state index in [4.69, 9.17) is 0 Å². The maximum atomic E-state index is 12.6. The molecule has 6 heteroatoms. The molecule has 0 aromatic heterocycles. The van der Waals surface area contributed by atoms with Gasteiger partial charge in [-0.15, -0.1) is 0 Å². The number of rotatable bonds is 5. The molecule has 1 saturated heterocycles. The van der Waals surface area contributed by atoms with Gasteiger partial charge in [0.2, 0.25) is 0 Å². The van der Waals surface area contributed by atoms with Crippen molar-refractivity contribution in [1.82, 2.24) is 15.5 Å². The van der Waals surface area contributed by atoms with Crippen molar-refractivity contribution < 1.29 is 9.59 Å². The van der Waals surface area contributed by atoms with Crippen molar-refractivity contribution in [2.45, 2.75) is 19.9 Å². The number of aryl methyl sites for hydroxylation is 1. The van der Waals surface area contributed by atoms with Crippen molar-refractivity contribution in [3.8, 4) is 0 Å². The summed E-state index contributed by atoms with van der Waals surface area (Å²) in [6, 6.07) is 14.0. The van der Waals surface area contributed by atoms with E-state index in [0.29, 0.717) is 25.2 Å². The number of anilines is 1. The maximum absolute atomic E-state index is 12.6. The largest absolute Gasteiger partial charge is 0.351 e. The Kier molecular flexibility index (Phi) is 5.30. The second-order valence-electron chi connectivity index (χ2n) is 7.44. The molecule has 0 bridgehead atoms. The third-order valence-corrected chi connectivity index (χ3v) is 5.54.